The van der Waals surface area contributed by atoms with Crippen molar-refractivity contribution in [2.75, 3.05) is 0 Å². The van der Waals surface area contributed by atoms with Crippen LogP contribution in [0.3, 0.4) is 0 Å². The number of nitrogens with one attached hydrogen (secondary N) is 1. The summed E-state index contributed by atoms with van der Waals surface area (Å²) in [5.41, 5.74) is 1.66. The average molecular weight is 462 g/mol. The Morgan fingerprint density at radius 3 is 2.18 bits per heavy atom. The van der Waals surface area contributed by atoms with Crippen molar-refractivity contribution in [2.24, 2.45) is 0 Å². The van der Waals surface area contributed by atoms with E-state index in [1.165, 1.54) is 4.57 Å². The lowest BCUT2D eigenvalue weighted by Gasteiger charge is -2.24. The molecule has 0 radical (unpaired) electrons. The second-order valence-corrected chi connectivity index (χ2v) is 10.2. The van der Waals surface area contributed by atoms with Gasteiger partial charge in [-0.1, -0.05) is 30.3 Å². The lowest BCUT2D eigenvalue weighted by atomic mass is 9.98. The first-order chi connectivity index (χ1) is 15.9. The van der Waals surface area contributed by atoms with E-state index in [2.05, 4.69) is 11.4 Å². The Labute approximate surface area is 200 Å². The number of ether oxygens (including phenoxy) is 2. The van der Waals surface area contributed by atoms with Crippen molar-refractivity contribution >= 4 is 23.1 Å². The molecule has 0 saturated heterocycles. The molecule has 0 aliphatic heterocycles. The molecule has 3 aromatic rings. The van der Waals surface area contributed by atoms with Crippen molar-refractivity contribution in [3.8, 4) is 6.07 Å². The number of nitriles is 1. The van der Waals surface area contributed by atoms with Crippen molar-refractivity contribution < 1.29 is 19.1 Å². The third-order valence-corrected chi connectivity index (χ3v) is 4.94. The zero-order chi connectivity index (χ0) is 25.1. The van der Waals surface area contributed by atoms with Crippen LogP contribution in [0.1, 0.15) is 64.3 Å². The van der Waals surface area contributed by atoms with Crippen LogP contribution < -0.4 is 5.32 Å². The van der Waals surface area contributed by atoms with Gasteiger partial charge in [-0.05, 0) is 77.3 Å². The summed E-state index contributed by atoms with van der Waals surface area (Å²) in [4.78, 5) is 25.5. The second-order valence-electron chi connectivity index (χ2n) is 10.2. The summed E-state index contributed by atoms with van der Waals surface area (Å²) in [7, 11) is 0. The predicted molar refractivity (Wildman–Crippen MR) is 131 cm³/mol. The summed E-state index contributed by atoms with van der Waals surface area (Å²) in [6.45, 7) is 10.9. The lowest BCUT2D eigenvalue weighted by molar-refractivity contribution is 0.0499. The molecule has 7 heteroatoms. The number of fused-ring (bicyclic) bond motifs is 1. The summed E-state index contributed by atoms with van der Waals surface area (Å²) < 4.78 is 12.6. The summed E-state index contributed by atoms with van der Waals surface area (Å²) >= 11 is 0. The van der Waals surface area contributed by atoms with Gasteiger partial charge in [0.15, 0.2) is 0 Å². The molecule has 2 aromatic carbocycles. The third-order valence-electron chi connectivity index (χ3n) is 4.94. The third kappa shape index (κ3) is 6.38. The SMILES string of the molecule is CC(C)(C)OC(=O)N[C@H](Cc1cn(C(=O)OC(C)(C)C)c2ccccc12)c1ccc(C#N)cc1. The second kappa shape index (κ2) is 9.60. The number of para-hydroxylation sites is 1. The molecule has 1 amide bonds. The molecule has 3 rings (SSSR count). The lowest BCUT2D eigenvalue weighted by Crippen LogP contribution is -2.35. The summed E-state index contributed by atoms with van der Waals surface area (Å²) in [5, 5.41) is 13.0. The predicted octanol–water partition coefficient (Wildman–Crippen LogP) is 6.10. The van der Waals surface area contributed by atoms with Crippen LogP contribution in [0.5, 0.6) is 0 Å². The molecule has 178 valence electrons. The number of rotatable bonds is 4. The molecular weight excluding hydrogens is 430 g/mol. The largest absolute Gasteiger partial charge is 0.444 e. The first-order valence-electron chi connectivity index (χ1n) is 11.2. The zero-order valence-electron chi connectivity index (χ0n) is 20.5. The Hall–Kier alpha value is -3.79. The first-order valence-corrected chi connectivity index (χ1v) is 11.2. The van der Waals surface area contributed by atoms with E-state index in [1.807, 2.05) is 57.2 Å². The fourth-order valence-corrected chi connectivity index (χ4v) is 3.59. The zero-order valence-corrected chi connectivity index (χ0v) is 20.5. The topological polar surface area (TPSA) is 93.3 Å². The molecule has 0 spiro atoms. The number of nitrogens with zero attached hydrogens (tertiary/aromatic N) is 2. The molecule has 0 fully saturated rings. The fourth-order valence-electron chi connectivity index (χ4n) is 3.59. The average Bonchev–Trinajstić information content (AvgIpc) is 3.10. The summed E-state index contributed by atoms with van der Waals surface area (Å²) in [5.74, 6) is 0. The minimum Gasteiger partial charge on any atom is -0.444 e. The van der Waals surface area contributed by atoms with Gasteiger partial charge in [0.25, 0.3) is 0 Å². The van der Waals surface area contributed by atoms with Gasteiger partial charge in [-0.2, -0.15) is 5.26 Å². The maximum Gasteiger partial charge on any atom is 0.419 e. The van der Waals surface area contributed by atoms with Gasteiger partial charge in [-0.25, -0.2) is 9.59 Å². The highest BCUT2D eigenvalue weighted by Crippen LogP contribution is 2.28. The van der Waals surface area contributed by atoms with Gasteiger partial charge < -0.3 is 14.8 Å². The number of carbonyl (C=O) groups is 2. The Morgan fingerprint density at radius 2 is 1.59 bits per heavy atom. The van der Waals surface area contributed by atoms with E-state index in [4.69, 9.17) is 14.7 Å². The van der Waals surface area contributed by atoms with Crippen molar-refractivity contribution in [1.82, 2.24) is 9.88 Å². The molecular formula is C27H31N3O4. The highest BCUT2D eigenvalue weighted by Gasteiger charge is 2.24. The van der Waals surface area contributed by atoms with Crippen LogP contribution in [0.15, 0.2) is 54.7 Å². The van der Waals surface area contributed by atoms with E-state index in [1.54, 1.807) is 39.1 Å². The van der Waals surface area contributed by atoms with Crippen molar-refractivity contribution in [3.05, 3.63) is 71.4 Å². The van der Waals surface area contributed by atoms with Crippen LogP contribution in [0, 0.1) is 11.3 Å². The van der Waals surface area contributed by atoms with Crippen LogP contribution in [-0.4, -0.2) is 28.0 Å². The van der Waals surface area contributed by atoms with E-state index >= 15 is 0 Å². The molecule has 34 heavy (non-hydrogen) atoms. The molecule has 1 atom stereocenters. The van der Waals surface area contributed by atoms with E-state index in [-0.39, 0.29) is 0 Å². The van der Waals surface area contributed by atoms with Gasteiger partial charge >= 0.3 is 12.2 Å². The minimum atomic E-state index is -0.647. The molecule has 0 aliphatic rings. The Kier molecular flexibility index (Phi) is 7.01. The van der Waals surface area contributed by atoms with E-state index in [0.717, 1.165) is 22.0 Å². The minimum absolute atomic E-state index is 0.404. The van der Waals surface area contributed by atoms with E-state index < -0.39 is 29.4 Å². The van der Waals surface area contributed by atoms with E-state index in [0.29, 0.717) is 12.0 Å². The van der Waals surface area contributed by atoms with Gasteiger partial charge in [-0.3, -0.25) is 4.57 Å². The van der Waals surface area contributed by atoms with Crippen LogP contribution in [0.2, 0.25) is 0 Å². The molecule has 1 N–H and O–H groups in total. The standard InChI is InChI=1S/C27H31N3O4/c1-26(2,3)33-24(31)29-22(19-13-11-18(16-28)12-14-19)15-20-17-30(25(32)34-27(4,5)6)23-10-8-7-9-21(20)23/h7-14,17,22H,15H2,1-6H3,(H,29,31)/t22-/m1/s1. The highest BCUT2D eigenvalue weighted by atomic mass is 16.6. The Balaban J connectivity index is 1.99. The van der Waals surface area contributed by atoms with Gasteiger partial charge in [0.05, 0.1) is 23.2 Å². The Morgan fingerprint density at radius 1 is 0.971 bits per heavy atom. The van der Waals surface area contributed by atoms with Gasteiger partial charge in [0, 0.05) is 11.6 Å². The molecule has 0 aliphatic carbocycles. The Bertz CT molecular complexity index is 1220. The molecule has 7 nitrogen and oxygen atoms in total. The van der Waals surface area contributed by atoms with E-state index in [9.17, 15) is 9.59 Å². The van der Waals surface area contributed by atoms with Crippen LogP contribution in [0.25, 0.3) is 10.9 Å². The van der Waals surface area contributed by atoms with Crippen LogP contribution in [0.4, 0.5) is 9.59 Å². The van der Waals surface area contributed by atoms with Crippen LogP contribution >= 0.6 is 0 Å². The van der Waals surface area contributed by atoms with Gasteiger partial charge in [-0.15, -0.1) is 0 Å². The number of benzene rings is 2. The number of aromatic nitrogens is 1. The number of carbonyl (C=O) groups excluding carboxylic acids is 2. The van der Waals surface area contributed by atoms with Crippen LogP contribution in [-0.2, 0) is 15.9 Å². The molecule has 0 bridgehead atoms. The molecule has 1 heterocycles. The smallest absolute Gasteiger partial charge is 0.419 e. The maximum absolute atomic E-state index is 12.9. The van der Waals surface area contributed by atoms with Crippen molar-refractivity contribution in [2.45, 2.75) is 65.2 Å². The fraction of sp³-hybridized carbons (Fsp3) is 0.370. The number of hydrogen-bond donors (Lipinski definition) is 1. The van der Waals surface area contributed by atoms with Crippen molar-refractivity contribution in [1.29, 1.82) is 5.26 Å². The molecule has 0 saturated carbocycles. The van der Waals surface area contributed by atoms with Crippen molar-refractivity contribution in [3.63, 3.8) is 0 Å². The van der Waals surface area contributed by atoms with Gasteiger partial charge in [0.1, 0.15) is 11.2 Å². The number of hydrogen-bond acceptors (Lipinski definition) is 5. The summed E-state index contributed by atoms with van der Waals surface area (Å²) in [6.07, 6.45) is 1.15. The number of alkyl carbamates (subject to hydrolysis) is 1. The first kappa shape index (κ1) is 24.8. The monoisotopic (exact) mass is 461 g/mol. The normalized spacial score (nSPS) is 12.6. The molecule has 0 unspecified atom stereocenters. The highest BCUT2D eigenvalue weighted by molar-refractivity contribution is 5.92. The van der Waals surface area contributed by atoms with Gasteiger partial charge in [0.2, 0.25) is 0 Å². The maximum atomic E-state index is 12.9. The number of amides is 1. The molecule has 1 aromatic heterocycles. The summed E-state index contributed by atoms with van der Waals surface area (Å²) in [6, 6.07) is 16.3. The quantitative estimate of drug-likeness (QED) is 0.506.